The molecule has 0 aliphatic carbocycles. The number of halogens is 3. The zero-order valence-electron chi connectivity index (χ0n) is 13.4. The molecule has 2 aromatic rings. The Bertz CT molecular complexity index is 892. The monoisotopic (exact) mass is 395 g/mol. The molecule has 0 N–H and O–H groups in total. The molecule has 0 unspecified atom stereocenters. The van der Waals surface area contributed by atoms with Crippen LogP contribution in [0, 0.1) is 0 Å². The molecule has 0 atom stereocenters. The topological polar surface area (TPSA) is 29.5 Å². The fourth-order valence-electron chi connectivity index (χ4n) is 2.38. The lowest BCUT2D eigenvalue weighted by Crippen LogP contribution is -2.27. The maximum absolute atomic E-state index is 12.8. The van der Waals surface area contributed by atoms with Crippen molar-refractivity contribution in [3.8, 4) is 5.75 Å². The van der Waals surface area contributed by atoms with Gasteiger partial charge >= 0.3 is 6.18 Å². The van der Waals surface area contributed by atoms with E-state index in [2.05, 4.69) is 0 Å². The van der Waals surface area contributed by atoms with Crippen molar-refractivity contribution in [3.63, 3.8) is 0 Å². The van der Waals surface area contributed by atoms with Crippen molar-refractivity contribution in [1.82, 2.24) is 0 Å². The first kappa shape index (κ1) is 18.5. The quantitative estimate of drug-likeness (QED) is 0.533. The Labute approximate surface area is 157 Å². The van der Waals surface area contributed by atoms with Crippen LogP contribution in [0.4, 0.5) is 18.9 Å². The molecule has 1 saturated heterocycles. The fraction of sp³-hybridized carbons (Fsp3) is 0.111. The largest absolute Gasteiger partial charge is 0.497 e. The van der Waals surface area contributed by atoms with Crippen LogP contribution in [0.15, 0.2) is 53.4 Å². The fourth-order valence-corrected chi connectivity index (χ4v) is 3.68. The lowest BCUT2D eigenvalue weighted by atomic mass is 10.1. The van der Waals surface area contributed by atoms with Gasteiger partial charge in [-0.25, -0.2) is 0 Å². The maximum Gasteiger partial charge on any atom is 0.416 e. The van der Waals surface area contributed by atoms with Gasteiger partial charge in [0.05, 0.1) is 23.3 Å². The number of benzene rings is 2. The summed E-state index contributed by atoms with van der Waals surface area (Å²) in [6.07, 6.45) is -3.02. The summed E-state index contributed by atoms with van der Waals surface area (Å²) in [5.41, 5.74) is 0.0904. The number of carbonyl (C=O) groups excluding carboxylic acids is 1. The van der Waals surface area contributed by atoms with Gasteiger partial charge in [-0.05, 0) is 48.0 Å². The molecule has 1 aliphatic rings. The molecular weight excluding hydrogens is 383 g/mol. The van der Waals surface area contributed by atoms with Crippen LogP contribution in [0.5, 0.6) is 5.75 Å². The van der Waals surface area contributed by atoms with Gasteiger partial charge in [-0.3, -0.25) is 9.69 Å². The molecule has 2 aromatic carbocycles. The van der Waals surface area contributed by atoms with Crippen molar-refractivity contribution < 1.29 is 22.7 Å². The van der Waals surface area contributed by atoms with Crippen LogP contribution in [0.25, 0.3) is 6.08 Å². The summed E-state index contributed by atoms with van der Waals surface area (Å²) in [7, 11) is 1.53. The Kier molecular flexibility index (Phi) is 5.06. The predicted molar refractivity (Wildman–Crippen MR) is 100 cm³/mol. The Morgan fingerprint density at radius 3 is 2.46 bits per heavy atom. The number of ether oxygens (including phenoxy) is 1. The first-order valence-corrected chi connectivity index (χ1v) is 8.61. The molecule has 0 saturated carbocycles. The van der Waals surface area contributed by atoms with Crippen molar-refractivity contribution in [2.45, 2.75) is 6.18 Å². The standard InChI is InChI=1S/C18H12F3NO2S2/c1-24-14-7-5-13(6-8-14)22-16(23)15(26-17(22)25)10-11-3-2-4-12(9-11)18(19,20)21/h2-10H,1H3. The molecule has 134 valence electrons. The smallest absolute Gasteiger partial charge is 0.416 e. The number of hydrogen-bond donors (Lipinski definition) is 0. The van der Waals surface area contributed by atoms with E-state index in [4.69, 9.17) is 17.0 Å². The van der Waals surface area contributed by atoms with Crippen molar-refractivity contribution in [2.24, 2.45) is 0 Å². The molecule has 0 spiro atoms. The Hall–Kier alpha value is -2.32. The van der Waals surface area contributed by atoms with Gasteiger partial charge in [0, 0.05) is 0 Å². The molecular formula is C18H12F3NO2S2. The first-order chi connectivity index (χ1) is 12.3. The molecule has 1 amide bonds. The van der Waals surface area contributed by atoms with E-state index in [9.17, 15) is 18.0 Å². The molecule has 8 heteroatoms. The molecule has 1 heterocycles. The summed E-state index contributed by atoms with van der Waals surface area (Å²) in [6, 6.07) is 11.6. The van der Waals surface area contributed by atoms with E-state index < -0.39 is 11.7 Å². The summed E-state index contributed by atoms with van der Waals surface area (Å²) in [6.45, 7) is 0. The second kappa shape index (κ2) is 7.13. The third-order valence-corrected chi connectivity index (χ3v) is 4.94. The third kappa shape index (κ3) is 3.76. The molecule has 3 nitrogen and oxygen atoms in total. The SMILES string of the molecule is COc1ccc(N2C(=O)C(=Cc3cccc(C(F)(F)F)c3)SC2=S)cc1. The maximum atomic E-state index is 12.8. The lowest BCUT2D eigenvalue weighted by molar-refractivity contribution is -0.137. The molecule has 3 rings (SSSR count). The van der Waals surface area contributed by atoms with Crippen LogP contribution in [0.2, 0.25) is 0 Å². The first-order valence-electron chi connectivity index (χ1n) is 7.39. The Morgan fingerprint density at radius 2 is 1.85 bits per heavy atom. The molecule has 1 fully saturated rings. The van der Waals surface area contributed by atoms with E-state index >= 15 is 0 Å². The van der Waals surface area contributed by atoms with Crippen molar-refractivity contribution in [2.75, 3.05) is 12.0 Å². The van der Waals surface area contributed by atoms with E-state index in [1.165, 1.54) is 30.2 Å². The number of methoxy groups -OCH3 is 1. The molecule has 0 bridgehead atoms. The minimum Gasteiger partial charge on any atom is -0.497 e. The Balaban J connectivity index is 1.90. The highest BCUT2D eigenvalue weighted by molar-refractivity contribution is 8.27. The number of thioether (sulfide) groups is 1. The normalized spacial score (nSPS) is 16.5. The highest BCUT2D eigenvalue weighted by Gasteiger charge is 2.34. The zero-order chi connectivity index (χ0) is 18.9. The number of amides is 1. The van der Waals surface area contributed by atoms with E-state index in [1.807, 2.05) is 0 Å². The summed E-state index contributed by atoms with van der Waals surface area (Å²) in [5.74, 6) is 0.265. The average molecular weight is 395 g/mol. The number of anilines is 1. The van der Waals surface area contributed by atoms with E-state index in [-0.39, 0.29) is 16.4 Å². The molecule has 0 aromatic heterocycles. The van der Waals surface area contributed by atoms with Crippen LogP contribution in [0.1, 0.15) is 11.1 Å². The van der Waals surface area contributed by atoms with E-state index in [0.717, 1.165) is 23.9 Å². The van der Waals surface area contributed by atoms with Crippen LogP contribution in [0.3, 0.4) is 0 Å². The second-order valence-corrected chi connectivity index (χ2v) is 7.01. The number of rotatable bonds is 3. The van der Waals surface area contributed by atoms with Gasteiger partial charge in [0.2, 0.25) is 0 Å². The van der Waals surface area contributed by atoms with Gasteiger partial charge in [-0.2, -0.15) is 13.2 Å². The van der Waals surface area contributed by atoms with Crippen LogP contribution in [-0.4, -0.2) is 17.3 Å². The third-order valence-electron chi connectivity index (χ3n) is 3.64. The zero-order valence-corrected chi connectivity index (χ0v) is 15.0. The number of alkyl halides is 3. The summed E-state index contributed by atoms with van der Waals surface area (Å²) in [5, 5.41) is 0. The average Bonchev–Trinajstić information content (AvgIpc) is 2.88. The van der Waals surface area contributed by atoms with E-state index in [0.29, 0.717) is 15.8 Å². The molecule has 0 radical (unpaired) electrons. The summed E-state index contributed by atoms with van der Waals surface area (Å²) < 4.78 is 43.9. The number of hydrogen-bond acceptors (Lipinski definition) is 4. The number of thiocarbonyl (C=S) groups is 1. The van der Waals surface area contributed by atoms with Gasteiger partial charge in [0.25, 0.3) is 5.91 Å². The number of carbonyl (C=O) groups is 1. The molecule has 1 aliphatic heterocycles. The summed E-state index contributed by atoms with van der Waals surface area (Å²) >= 11 is 6.31. The highest BCUT2D eigenvalue weighted by Crippen LogP contribution is 2.37. The second-order valence-electron chi connectivity index (χ2n) is 5.34. The van der Waals surface area contributed by atoms with Gasteiger partial charge < -0.3 is 4.74 Å². The van der Waals surface area contributed by atoms with E-state index in [1.54, 1.807) is 24.3 Å². The van der Waals surface area contributed by atoms with Gasteiger partial charge in [0.1, 0.15) is 5.75 Å². The highest BCUT2D eigenvalue weighted by atomic mass is 32.2. The van der Waals surface area contributed by atoms with Crippen LogP contribution < -0.4 is 9.64 Å². The van der Waals surface area contributed by atoms with Crippen molar-refractivity contribution >= 4 is 46.0 Å². The minimum absolute atomic E-state index is 0.269. The van der Waals surface area contributed by atoms with Crippen molar-refractivity contribution in [3.05, 3.63) is 64.6 Å². The van der Waals surface area contributed by atoms with Crippen molar-refractivity contribution in [1.29, 1.82) is 0 Å². The van der Waals surface area contributed by atoms with Gasteiger partial charge in [0.15, 0.2) is 4.32 Å². The predicted octanol–water partition coefficient (Wildman–Crippen LogP) is 5.12. The summed E-state index contributed by atoms with van der Waals surface area (Å²) in [4.78, 5) is 14.3. The molecule has 26 heavy (non-hydrogen) atoms. The van der Waals surface area contributed by atoms with Crippen LogP contribution in [-0.2, 0) is 11.0 Å². The Morgan fingerprint density at radius 1 is 1.15 bits per heavy atom. The van der Waals surface area contributed by atoms with Gasteiger partial charge in [-0.1, -0.05) is 36.1 Å². The van der Waals surface area contributed by atoms with Crippen LogP contribution >= 0.6 is 24.0 Å². The van der Waals surface area contributed by atoms with Gasteiger partial charge in [-0.15, -0.1) is 0 Å². The minimum atomic E-state index is -4.44. The number of nitrogens with zero attached hydrogens (tertiary/aromatic N) is 1. The lowest BCUT2D eigenvalue weighted by Gasteiger charge is -2.14.